The Balaban J connectivity index is 2.24. The van der Waals surface area contributed by atoms with Gasteiger partial charge in [-0.1, -0.05) is 12.1 Å². The first-order valence-electron chi connectivity index (χ1n) is 6.94. The molecule has 2 aromatic rings. The molecule has 0 spiro atoms. The van der Waals surface area contributed by atoms with Gasteiger partial charge in [0.25, 0.3) is 10.0 Å². The molecule has 1 heterocycles. The smallest absolute Gasteiger partial charge is 0.265 e. The Labute approximate surface area is 136 Å². The fourth-order valence-electron chi connectivity index (χ4n) is 1.94. The molecule has 0 atom stereocenters. The van der Waals surface area contributed by atoms with E-state index >= 15 is 0 Å². The minimum Gasteiger partial charge on any atom is -0.495 e. The molecule has 0 unspecified atom stereocenters. The summed E-state index contributed by atoms with van der Waals surface area (Å²) in [7, 11) is -2.32. The molecule has 0 aliphatic heterocycles. The fraction of sp³-hybridized carbons (Fsp3) is 0.188. The quantitative estimate of drug-likeness (QED) is 0.762. The van der Waals surface area contributed by atoms with Crippen molar-refractivity contribution in [3.05, 3.63) is 54.7 Å². The highest BCUT2D eigenvalue weighted by Crippen LogP contribution is 2.26. The number of nitrogens with one attached hydrogen (secondary N) is 2. The van der Waals surface area contributed by atoms with Crippen LogP contribution >= 0.6 is 0 Å². The first-order chi connectivity index (χ1) is 11.0. The Hall–Kier alpha value is -2.54. The largest absolute Gasteiger partial charge is 0.495 e. The molecule has 0 saturated carbocycles. The standard InChI is InChI=1S/C16H19N3O3S/c1-4-9-17-16-8-6-13(11-18-16)19-23(20,21)15-10-12(2)5-7-14(15)22-3/h4-8,10-11,19H,1,9H2,2-3H3,(H,17,18). The van der Waals surface area contributed by atoms with Crippen LogP contribution in [0, 0.1) is 6.92 Å². The average Bonchev–Trinajstić information content (AvgIpc) is 2.54. The van der Waals surface area contributed by atoms with Gasteiger partial charge in [-0.2, -0.15) is 0 Å². The lowest BCUT2D eigenvalue weighted by atomic mass is 10.2. The molecule has 0 saturated heterocycles. The van der Waals surface area contributed by atoms with Gasteiger partial charge in [-0.05, 0) is 36.8 Å². The first-order valence-corrected chi connectivity index (χ1v) is 8.43. The summed E-state index contributed by atoms with van der Waals surface area (Å²) in [5.41, 5.74) is 1.20. The van der Waals surface area contributed by atoms with E-state index < -0.39 is 10.0 Å². The molecule has 6 nitrogen and oxygen atoms in total. The molecule has 0 bridgehead atoms. The number of nitrogens with zero attached hydrogens (tertiary/aromatic N) is 1. The molecule has 23 heavy (non-hydrogen) atoms. The van der Waals surface area contributed by atoms with Crippen LogP contribution < -0.4 is 14.8 Å². The van der Waals surface area contributed by atoms with Gasteiger partial charge in [0.1, 0.15) is 16.5 Å². The van der Waals surface area contributed by atoms with Gasteiger partial charge in [-0.3, -0.25) is 4.72 Å². The Morgan fingerprint density at radius 2 is 2.09 bits per heavy atom. The molecule has 0 amide bonds. The number of pyridine rings is 1. The van der Waals surface area contributed by atoms with Gasteiger partial charge in [-0.15, -0.1) is 6.58 Å². The van der Waals surface area contributed by atoms with Crippen molar-refractivity contribution in [2.75, 3.05) is 23.7 Å². The van der Waals surface area contributed by atoms with Crippen molar-refractivity contribution < 1.29 is 13.2 Å². The monoisotopic (exact) mass is 333 g/mol. The molecule has 0 aliphatic carbocycles. The Bertz CT molecular complexity index is 787. The summed E-state index contributed by atoms with van der Waals surface area (Å²) in [6.07, 6.45) is 3.16. The number of benzene rings is 1. The third-order valence-electron chi connectivity index (χ3n) is 3.05. The van der Waals surface area contributed by atoms with Crippen molar-refractivity contribution in [3.8, 4) is 5.75 Å². The number of hydrogen-bond donors (Lipinski definition) is 2. The number of rotatable bonds is 7. The second-order valence-corrected chi connectivity index (χ2v) is 6.51. The highest BCUT2D eigenvalue weighted by Gasteiger charge is 2.20. The van der Waals surface area contributed by atoms with E-state index in [1.807, 2.05) is 6.92 Å². The highest BCUT2D eigenvalue weighted by atomic mass is 32.2. The zero-order valence-corrected chi connectivity index (χ0v) is 13.9. The van der Waals surface area contributed by atoms with Gasteiger partial charge in [0.2, 0.25) is 0 Å². The first kappa shape index (κ1) is 16.8. The number of methoxy groups -OCH3 is 1. The predicted molar refractivity (Wildman–Crippen MR) is 91.5 cm³/mol. The zero-order chi connectivity index (χ0) is 16.9. The second-order valence-electron chi connectivity index (χ2n) is 4.86. The van der Waals surface area contributed by atoms with E-state index in [0.717, 1.165) is 5.56 Å². The van der Waals surface area contributed by atoms with E-state index in [4.69, 9.17) is 4.74 Å². The maximum Gasteiger partial charge on any atom is 0.265 e. The van der Waals surface area contributed by atoms with E-state index in [1.54, 1.807) is 36.4 Å². The van der Waals surface area contributed by atoms with Crippen LogP contribution in [0.1, 0.15) is 5.56 Å². The number of hydrogen-bond acceptors (Lipinski definition) is 5. The maximum atomic E-state index is 12.5. The van der Waals surface area contributed by atoms with Crippen LogP contribution in [-0.2, 0) is 10.0 Å². The fourth-order valence-corrected chi connectivity index (χ4v) is 3.24. The Morgan fingerprint density at radius 3 is 2.70 bits per heavy atom. The lowest BCUT2D eigenvalue weighted by Gasteiger charge is -2.12. The van der Waals surface area contributed by atoms with Crippen LogP contribution in [0.2, 0.25) is 0 Å². The van der Waals surface area contributed by atoms with Gasteiger partial charge in [0, 0.05) is 6.54 Å². The zero-order valence-electron chi connectivity index (χ0n) is 13.0. The number of aromatic nitrogens is 1. The van der Waals surface area contributed by atoms with Gasteiger partial charge >= 0.3 is 0 Å². The van der Waals surface area contributed by atoms with Gasteiger partial charge in [0.15, 0.2) is 0 Å². The maximum absolute atomic E-state index is 12.5. The minimum atomic E-state index is -3.76. The Morgan fingerprint density at radius 1 is 1.30 bits per heavy atom. The highest BCUT2D eigenvalue weighted by molar-refractivity contribution is 7.92. The summed E-state index contributed by atoms with van der Waals surface area (Å²) in [6, 6.07) is 8.31. The third-order valence-corrected chi connectivity index (χ3v) is 4.45. The third kappa shape index (κ3) is 4.23. The molecule has 0 radical (unpaired) electrons. The van der Waals surface area contributed by atoms with Crippen molar-refractivity contribution in [1.29, 1.82) is 0 Å². The van der Waals surface area contributed by atoms with Crippen LogP contribution in [0.25, 0.3) is 0 Å². The van der Waals surface area contributed by atoms with Crippen LogP contribution in [0.4, 0.5) is 11.5 Å². The number of aryl methyl sites for hydroxylation is 1. The van der Waals surface area contributed by atoms with E-state index in [0.29, 0.717) is 23.8 Å². The van der Waals surface area contributed by atoms with Crippen LogP contribution in [0.3, 0.4) is 0 Å². The molecule has 1 aromatic heterocycles. The summed E-state index contributed by atoms with van der Waals surface area (Å²) >= 11 is 0. The van der Waals surface area contributed by atoms with E-state index in [-0.39, 0.29) is 4.90 Å². The molecule has 0 aliphatic rings. The molecule has 0 fully saturated rings. The normalized spacial score (nSPS) is 10.9. The van der Waals surface area contributed by atoms with E-state index in [2.05, 4.69) is 21.6 Å². The van der Waals surface area contributed by atoms with Crippen LogP contribution in [0.5, 0.6) is 5.75 Å². The SMILES string of the molecule is C=CCNc1ccc(NS(=O)(=O)c2cc(C)ccc2OC)cn1. The summed E-state index contributed by atoms with van der Waals surface area (Å²) in [6.45, 7) is 6.01. The van der Waals surface area contributed by atoms with Gasteiger partial charge < -0.3 is 10.1 Å². The Kier molecular flexibility index (Phi) is 5.23. The number of anilines is 2. The minimum absolute atomic E-state index is 0.0915. The van der Waals surface area contributed by atoms with Crippen molar-refractivity contribution in [3.63, 3.8) is 0 Å². The topological polar surface area (TPSA) is 80.3 Å². The van der Waals surface area contributed by atoms with Gasteiger partial charge in [-0.25, -0.2) is 13.4 Å². The molecule has 2 N–H and O–H groups in total. The summed E-state index contributed by atoms with van der Waals surface area (Å²) < 4.78 is 32.7. The van der Waals surface area contributed by atoms with Crippen molar-refractivity contribution in [2.24, 2.45) is 0 Å². The molecule has 7 heteroatoms. The van der Waals surface area contributed by atoms with E-state index in [1.165, 1.54) is 13.3 Å². The summed E-state index contributed by atoms with van der Waals surface area (Å²) in [4.78, 5) is 4.23. The number of ether oxygens (including phenoxy) is 1. The second kappa shape index (κ2) is 7.15. The van der Waals surface area contributed by atoms with Gasteiger partial charge in [0.05, 0.1) is 19.0 Å². The number of sulfonamides is 1. The summed E-state index contributed by atoms with van der Waals surface area (Å²) in [5, 5.41) is 3.02. The van der Waals surface area contributed by atoms with Crippen LogP contribution in [0.15, 0.2) is 54.1 Å². The lowest BCUT2D eigenvalue weighted by molar-refractivity contribution is 0.402. The van der Waals surface area contributed by atoms with Crippen LogP contribution in [-0.4, -0.2) is 27.1 Å². The lowest BCUT2D eigenvalue weighted by Crippen LogP contribution is -2.14. The molecular weight excluding hydrogens is 314 g/mol. The molecule has 122 valence electrons. The molecule has 2 rings (SSSR count). The molecule has 1 aromatic carbocycles. The van der Waals surface area contributed by atoms with Crippen molar-refractivity contribution >= 4 is 21.5 Å². The average molecular weight is 333 g/mol. The molecular formula is C16H19N3O3S. The predicted octanol–water partition coefficient (Wildman–Crippen LogP) is 2.80. The van der Waals surface area contributed by atoms with E-state index in [9.17, 15) is 8.42 Å². The van der Waals surface area contributed by atoms with Crippen molar-refractivity contribution in [2.45, 2.75) is 11.8 Å². The van der Waals surface area contributed by atoms with Crippen molar-refractivity contribution in [1.82, 2.24) is 4.98 Å². The summed E-state index contributed by atoms with van der Waals surface area (Å²) in [5.74, 6) is 0.932.